The van der Waals surface area contributed by atoms with E-state index in [1.54, 1.807) is 18.4 Å². The second-order valence-corrected chi connectivity index (χ2v) is 9.27. The van der Waals surface area contributed by atoms with Gasteiger partial charge in [0, 0.05) is 29.6 Å². The topological polar surface area (TPSA) is 136 Å². The standard InChI is InChI=1S/C20H19N5O5S2/c1-24-19(28)16-13-4-2-3-5-14(13)32-18(16)21-20(24)31-10-15(26)22-23-17(27)11-6-8-12(9-7-11)25(29)30/h6-9H,2-5,10H2,1H3,(H,22,26)(H,23,27). The minimum absolute atomic E-state index is 0.0581. The maximum Gasteiger partial charge on any atom is 0.269 e. The Morgan fingerprint density at radius 2 is 1.94 bits per heavy atom. The number of carbonyl (C=O) groups excluding carboxylic acids is 2. The van der Waals surface area contributed by atoms with Crippen molar-refractivity contribution in [1.29, 1.82) is 0 Å². The number of rotatable bonds is 5. The summed E-state index contributed by atoms with van der Waals surface area (Å²) in [6.07, 6.45) is 4.06. The molecule has 0 aliphatic heterocycles. The zero-order chi connectivity index (χ0) is 22.8. The van der Waals surface area contributed by atoms with E-state index >= 15 is 0 Å². The van der Waals surface area contributed by atoms with Crippen LogP contribution in [0.15, 0.2) is 34.2 Å². The lowest BCUT2D eigenvalue weighted by molar-refractivity contribution is -0.384. The zero-order valence-electron chi connectivity index (χ0n) is 17.0. The molecule has 10 nitrogen and oxygen atoms in total. The molecular formula is C20H19N5O5S2. The predicted molar refractivity (Wildman–Crippen MR) is 121 cm³/mol. The molecule has 2 amide bonds. The van der Waals surface area contributed by atoms with Crippen LogP contribution in [0.2, 0.25) is 0 Å². The Morgan fingerprint density at radius 3 is 2.66 bits per heavy atom. The van der Waals surface area contributed by atoms with Crippen LogP contribution in [0, 0.1) is 10.1 Å². The van der Waals surface area contributed by atoms with Crippen LogP contribution in [-0.2, 0) is 24.7 Å². The van der Waals surface area contributed by atoms with Gasteiger partial charge in [-0.05, 0) is 43.4 Å². The second-order valence-electron chi connectivity index (χ2n) is 7.24. The van der Waals surface area contributed by atoms with Gasteiger partial charge in [-0.3, -0.25) is 39.9 Å². The van der Waals surface area contributed by atoms with Crippen molar-refractivity contribution in [2.75, 3.05) is 5.75 Å². The molecule has 0 saturated carbocycles. The zero-order valence-corrected chi connectivity index (χ0v) is 18.7. The first kappa shape index (κ1) is 22.0. The number of amides is 2. The predicted octanol–water partition coefficient (Wildman–Crippen LogP) is 2.34. The van der Waals surface area contributed by atoms with Gasteiger partial charge >= 0.3 is 0 Å². The summed E-state index contributed by atoms with van der Waals surface area (Å²) in [5.74, 6) is -1.14. The summed E-state index contributed by atoms with van der Waals surface area (Å²) in [5, 5.41) is 11.8. The van der Waals surface area contributed by atoms with Crippen molar-refractivity contribution in [3.8, 4) is 0 Å². The molecule has 2 N–H and O–H groups in total. The SMILES string of the molecule is Cn1c(SCC(=O)NNC(=O)c2ccc([N+](=O)[O-])cc2)nc2sc3c(c2c1=O)CCCC3. The highest BCUT2D eigenvalue weighted by molar-refractivity contribution is 7.99. The molecule has 0 radical (unpaired) electrons. The number of thiophene rings is 1. The lowest BCUT2D eigenvalue weighted by Gasteiger charge is -2.11. The monoisotopic (exact) mass is 473 g/mol. The number of hydrogen-bond donors (Lipinski definition) is 2. The van der Waals surface area contributed by atoms with Crippen molar-refractivity contribution in [3.05, 3.63) is 60.7 Å². The average molecular weight is 474 g/mol. The number of nitrogens with one attached hydrogen (secondary N) is 2. The van der Waals surface area contributed by atoms with E-state index in [-0.39, 0.29) is 22.6 Å². The van der Waals surface area contributed by atoms with Crippen LogP contribution in [0.3, 0.4) is 0 Å². The molecule has 166 valence electrons. The van der Waals surface area contributed by atoms with E-state index in [0.717, 1.165) is 43.0 Å². The average Bonchev–Trinajstić information content (AvgIpc) is 3.17. The number of fused-ring (bicyclic) bond motifs is 3. The van der Waals surface area contributed by atoms with Crippen molar-refractivity contribution in [3.63, 3.8) is 0 Å². The molecule has 1 aromatic carbocycles. The number of hydrazine groups is 1. The molecule has 32 heavy (non-hydrogen) atoms. The molecule has 0 spiro atoms. The number of nitro groups is 1. The lowest BCUT2D eigenvalue weighted by atomic mass is 9.97. The summed E-state index contributed by atoms with van der Waals surface area (Å²) in [5.41, 5.74) is 5.60. The highest BCUT2D eigenvalue weighted by Crippen LogP contribution is 2.34. The molecule has 1 aliphatic carbocycles. The largest absolute Gasteiger partial charge is 0.290 e. The van der Waals surface area contributed by atoms with Crippen molar-refractivity contribution in [2.45, 2.75) is 30.8 Å². The van der Waals surface area contributed by atoms with Gasteiger partial charge in [0.1, 0.15) is 4.83 Å². The lowest BCUT2D eigenvalue weighted by Crippen LogP contribution is -2.42. The van der Waals surface area contributed by atoms with Gasteiger partial charge in [0.2, 0.25) is 5.91 Å². The van der Waals surface area contributed by atoms with E-state index in [1.165, 1.54) is 33.7 Å². The Morgan fingerprint density at radius 1 is 1.22 bits per heavy atom. The smallest absolute Gasteiger partial charge is 0.269 e. The third-order valence-corrected chi connectivity index (χ3v) is 7.36. The van der Waals surface area contributed by atoms with Crippen LogP contribution < -0.4 is 16.4 Å². The van der Waals surface area contributed by atoms with E-state index in [2.05, 4.69) is 15.8 Å². The van der Waals surface area contributed by atoms with Crippen LogP contribution in [0.1, 0.15) is 33.6 Å². The number of nitrogens with zero attached hydrogens (tertiary/aromatic N) is 3. The van der Waals surface area contributed by atoms with E-state index in [4.69, 9.17) is 0 Å². The molecule has 0 fully saturated rings. The van der Waals surface area contributed by atoms with E-state index in [9.17, 15) is 24.5 Å². The molecule has 12 heteroatoms. The Hall–Kier alpha value is -3.25. The fraction of sp³-hybridized carbons (Fsp3) is 0.300. The van der Waals surface area contributed by atoms with Crippen molar-refractivity contribution in [1.82, 2.24) is 20.4 Å². The fourth-order valence-corrected chi connectivity index (χ4v) is 5.57. The van der Waals surface area contributed by atoms with Crippen LogP contribution in [0.25, 0.3) is 10.2 Å². The Balaban J connectivity index is 1.38. The van der Waals surface area contributed by atoms with E-state index in [1.807, 2.05) is 0 Å². The number of thioether (sulfide) groups is 1. The van der Waals surface area contributed by atoms with Gasteiger partial charge in [0.05, 0.1) is 16.1 Å². The number of carbonyl (C=O) groups is 2. The Labute approximate surface area is 190 Å². The molecule has 3 aromatic rings. The van der Waals surface area contributed by atoms with Gasteiger partial charge in [-0.1, -0.05) is 11.8 Å². The highest BCUT2D eigenvalue weighted by Gasteiger charge is 2.21. The van der Waals surface area contributed by atoms with Crippen LogP contribution in [0.5, 0.6) is 0 Å². The van der Waals surface area contributed by atoms with Crippen LogP contribution >= 0.6 is 23.1 Å². The molecular weight excluding hydrogens is 454 g/mol. The highest BCUT2D eigenvalue weighted by atomic mass is 32.2. The van der Waals surface area contributed by atoms with Gasteiger partial charge < -0.3 is 0 Å². The first-order valence-corrected chi connectivity index (χ1v) is 11.6. The third kappa shape index (κ3) is 4.36. The van der Waals surface area contributed by atoms with Gasteiger partial charge in [0.15, 0.2) is 5.16 Å². The quantitative estimate of drug-likeness (QED) is 0.251. The summed E-state index contributed by atoms with van der Waals surface area (Å²) in [7, 11) is 1.64. The molecule has 2 heterocycles. The summed E-state index contributed by atoms with van der Waals surface area (Å²) < 4.78 is 1.46. The molecule has 0 atom stereocenters. The Bertz CT molecular complexity index is 1280. The molecule has 2 aromatic heterocycles. The van der Waals surface area contributed by atoms with Gasteiger partial charge in [-0.2, -0.15) is 0 Å². The normalized spacial score (nSPS) is 12.9. The van der Waals surface area contributed by atoms with Gasteiger partial charge in [-0.25, -0.2) is 4.98 Å². The third-order valence-electron chi connectivity index (χ3n) is 5.14. The number of nitro benzene ring substituents is 1. The molecule has 0 bridgehead atoms. The molecule has 0 saturated heterocycles. The van der Waals surface area contributed by atoms with E-state index in [0.29, 0.717) is 15.4 Å². The summed E-state index contributed by atoms with van der Waals surface area (Å²) >= 11 is 2.65. The Kier molecular flexibility index (Phi) is 6.24. The second kappa shape index (κ2) is 9.09. The summed E-state index contributed by atoms with van der Waals surface area (Å²) in [4.78, 5) is 53.8. The minimum atomic E-state index is -0.602. The van der Waals surface area contributed by atoms with E-state index < -0.39 is 16.7 Å². The molecule has 4 rings (SSSR count). The van der Waals surface area contributed by atoms with Crippen LogP contribution in [-0.4, -0.2) is 32.0 Å². The minimum Gasteiger partial charge on any atom is -0.290 e. The number of aryl methyl sites for hydroxylation is 2. The number of aromatic nitrogens is 2. The van der Waals surface area contributed by atoms with Gasteiger partial charge in [0.25, 0.3) is 17.2 Å². The first-order valence-electron chi connectivity index (χ1n) is 9.83. The molecule has 0 unspecified atom stereocenters. The van der Waals surface area contributed by atoms with Crippen molar-refractivity contribution >= 4 is 50.8 Å². The van der Waals surface area contributed by atoms with Crippen molar-refractivity contribution in [2.24, 2.45) is 7.05 Å². The number of non-ortho nitro benzene ring substituents is 1. The first-order chi connectivity index (χ1) is 15.3. The van der Waals surface area contributed by atoms with Crippen molar-refractivity contribution < 1.29 is 14.5 Å². The maximum absolute atomic E-state index is 12.9. The number of benzene rings is 1. The van der Waals surface area contributed by atoms with Crippen LogP contribution in [0.4, 0.5) is 5.69 Å². The number of hydrogen-bond acceptors (Lipinski definition) is 8. The molecule has 1 aliphatic rings. The van der Waals surface area contributed by atoms with Gasteiger partial charge in [-0.15, -0.1) is 11.3 Å². The summed E-state index contributed by atoms with van der Waals surface area (Å²) in [6, 6.07) is 5.00. The fourth-order valence-electron chi connectivity index (χ4n) is 3.50. The summed E-state index contributed by atoms with van der Waals surface area (Å²) in [6.45, 7) is 0. The maximum atomic E-state index is 12.9.